The van der Waals surface area contributed by atoms with Crippen molar-refractivity contribution in [1.29, 1.82) is 0 Å². The molecule has 0 aromatic heterocycles. The summed E-state index contributed by atoms with van der Waals surface area (Å²) in [7, 11) is 0. The Hall–Kier alpha value is 0.634. The first-order valence-corrected chi connectivity index (χ1v) is 2.05. The van der Waals surface area contributed by atoms with E-state index in [1.165, 1.54) is 0 Å². The molecule has 0 amide bonds. The first kappa shape index (κ1) is 33.4. The Kier molecular flexibility index (Phi) is 269. The Morgan fingerprint density at radius 3 is 0.889 bits per heavy atom. The van der Waals surface area contributed by atoms with Crippen LogP contribution in [0.1, 0.15) is 13.8 Å². The molecule has 0 spiro atoms. The van der Waals surface area contributed by atoms with Gasteiger partial charge in [-0.3, -0.25) is 0 Å². The van der Waals surface area contributed by atoms with Crippen molar-refractivity contribution in [2.24, 2.45) is 0 Å². The van der Waals surface area contributed by atoms with Crippen LogP contribution in [0.5, 0.6) is 0 Å². The molecular weight excluding hydrogens is 152 g/mol. The fourth-order valence-corrected chi connectivity index (χ4v) is 0. The van der Waals surface area contributed by atoms with E-state index in [9.17, 15) is 0 Å². The van der Waals surface area contributed by atoms with Gasteiger partial charge in [0.2, 0.25) is 0 Å². The van der Waals surface area contributed by atoms with Gasteiger partial charge in [-0.2, -0.15) is 0 Å². The molecule has 0 aromatic rings. The minimum atomic E-state index is 0. The van der Waals surface area contributed by atoms with Crippen LogP contribution in [0, 0.1) is 14.9 Å². The van der Waals surface area contributed by atoms with Crippen molar-refractivity contribution < 1.29 is 31.9 Å². The van der Waals surface area contributed by atoms with Gasteiger partial charge in [-0.15, -0.1) is 0 Å². The van der Waals surface area contributed by atoms with Gasteiger partial charge < -0.3 is 25.1 Å². The fraction of sp³-hybridized carbons (Fsp3) is 0.667. The molecule has 58 valence electrons. The molecule has 2 nitrogen and oxygen atoms in total. The SMILES string of the molecule is CCO.CCO.[CH3-].[CH3-].[Ti+2]. The maximum atomic E-state index is 7.57. The van der Waals surface area contributed by atoms with Crippen LogP contribution in [0.2, 0.25) is 0 Å². The summed E-state index contributed by atoms with van der Waals surface area (Å²) in [6.45, 7) is 3.86. The number of rotatable bonds is 0. The van der Waals surface area contributed by atoms with Crippen molar-refractivity contribution in [1.82, 2.24) is 0 Å². The zero-order valence-corrected chi connectivity index (χ0v) is 8.37. The summed E-state index contributed by atoms with van der Waals surface area (Å²) in [5, 5.41) is 15.1. The summed E-state index contributed by atoms with van der Waals surface area (Å²) < 4.78 is 0. The van der Waals surface area contributed by atoms with Crippen molar-refractivity contribution >= 4 is 0 Å². The van der Waals surface area contributed by atoms with Crippen molar-refractivity contribution in [3.05, 3.63) is 14.9 Å². The average molecular weight is 170 g/mol. The molecule has 9 heavy (non-hydrogen) atoms. The Morgan fingerprint density at radius 2 is 0.889 bits per heavy atom. The van der Waals surface area contributed by atoms with E-state index in [-0.39, 0.29) is 49.8 Å². The number of hydrogen-bond acceptors (Lipinski definition) is 2. The molecule has 0 bridgehead atoms. The molecule has 0 unspecified atom stereocenters. The molecule has 0 atom stereocenters. The zero-order chi connectivity index (χ0) is 5.41. The largest absolute Gasteiger partial charge is 2.00 e. The third kappa shape index (κ3) is 945. The van der Waals surface area contributed by atoms with Gasteiger partial charge in [0.25, 0.3) is 0 Å². The molecule has 0 aliphatic heterocycles. The Labute approximate surface area is 74.2 Å². The van der Waals surface area contributed by atoms with Gasteiger partial charge in [-0.05, 0) is 13.8 Å². The molecule has 0 radical (unpaired) electrons. The van der Waals surface area contributed by atoms with E-state index in [2.05, 4.69) is 0 Å². The van der Waals surface area contributed by atoms with Gasteiger partial charge in [0, 0.05) is 13.2 Å². The van der Waals surface area contributed by atoms with Gasteiger partial charge in [0.05, 0.1) is 0 Å². The quantitative estimate of drug-likeness (QED) is 0.418. The van der Waals surface area contributed by atoms with E-state index in [4.69, 9.17) is 10.2 Å². The molecule has 0 heterocycles. The monoisotopic (exact) mass is 170 g/mol. The summed E-state index contributed by atoms with van der Waals surface area (Å²) in [6.07, 6.45) is 0. The molecule has 0 fully saturated rings. The number of aliphatic hydroxyl groups excluding tert-OH is 2. The second kappa shape index (κ2) is 72.5. The van der Waals surface area contributed by atoms with Crippen LogP contribution < -0.4 is 0 Å². The molecule has 2 N–H and O–H groups in total. The Balaban J connectivity index is -0.00000000889. The minimum Gasteiger partial charge on any atom is -0.397 e. The van der Waals surface area contributed by atoms with Crippen molar-refractivity contribution in [3.63, 3.8) is 0 Å². The van der Waals surface area contributed by atoms with Crippen LogP contribution in [0.4, 0.5) is 0 Å². The van der Waals surface area contributed by atoms with E-state index in [0.717, 1.165) is 0 Å². The Morgan fingerprint density at radius 1 is 0.889 bits per heavy atom. The summed E-state index contributed by atoms with van der Waals surface area (Å²) in [5.41, 5.74) is 0. The summed E-state index contributed by atoms with van der Waals surface area (Å²) >= 11 is 0. The second-order valence-electron chi connectivity index (χ2n) is 0.632. The van der Waals surface area contributed by atoms with Crippen LogP contribution in [0.3, 0.4) is 0 Å². The maximum absolute atomic E-state index is 7.57. The predicted molar refractivity (Wildman–Crippen MR) is 38.3 cm³/mol. The van der Waals surface area contributed by atoms with Crippen LogP contribution in [-0.4, -0.2) is 23.4 Å². The van der Waals surface area contributed by atoms with E-state index in [1.54, 1.807) is 13.8 Å². The second-order valence-corrected chi connectivity index (χ2v) is 0.632. The molecule has 0 saturated carbocycles. The van der Waals surface area contributed by atoms with Crippen LogP contribution in [-0.2, 0) is 21.7 Å². The third-order valence-corrected chi connectivity index (χ3v) is 0. The molecule has 0 aromatic carbocycles. The average Bonchev–Trinajstić information content (AvgIpc) is 1.39. The topological polar surface area (TPSA) is 40.5 Å². The van der Waals surface area contributed by atoms with Crippen molar-refractivity contribution in [2.75, 3.05) is 13.2 Å². The molecule has 0 saturated heterocycles. The molecular formula is C6H18O2Ti. The molecule has 3 heteroatoms. The van der Waals surface area contributed by atoms with E-state index in [0.29, 0.717) is 0 Å². The van der Waals surface area contributed by atoms with Crippen LogP contribution >= 0.6 is 0 Å². The maximum Gasteiger partial charge on any atom is 2.00 e. The normalized spacial score (nSPS) is 4.00. The van der Waals surface area contributed by atoms with Gasteiger partial charge in [0.15, 0.2) is 0 Å². The first-order valence-electron chi connectivity index (χ1n) is 2.05. The van der Waals surface area contributed by atoms with Gasteiger partial charge in [-0.1, -0.05) is 0 Å². The zero-order valence-electron chi connectivity index (χ0n) is 6.81. The van der Waals surface area contributed by atoms with Crippen LogP contribution in [0.25, 0.3) is 0 Å². The van der Waals surface area contributed by atoms with E-state index >= 15 is 0 Å². The third-order valence-electron chi connectivity index (χ3n) is 0. The van der Waals surface area contributed by atoms with Crippen molar-refractivity contribution in [3.8, 4) is 0 Å². The predicted octanol–water partition coefficient (Wildman–Crippen LogP) is 0.895. The summed E-state index contributed by atoms with van der Waals surface area (Å²) in [4.78, 5) is 0. The van der Waals surface area contributed by atoms with Gasteiger partial charge >= 0.3 is 21.7 Å². The minimum absolute atomic E-state index is 0. The Bertz CT molecular complexity index is 13.0. The number of hydrogen-bond donors (Lipinski definition) is 2. The van der Waals surface area contributed by atoms with E-state index < -0.39 is 0 Å². The molecule has 0 rings (SSSR count). The first-order chi connectivity index (χ1) is 2.83. The standard InChI is InChI=1S/2C2H6O.2CH3.Ti/c2*1-2-3;;;/h2*3H,2H2,1H3;2*1H3;/q;;2*-1;+2. The fourth-order valence-electron chi connectivity index (χ4n) is 0. The number of aliphatic hydroxyl groups is 2. The van der Waals surface area contributed by atoms with E-state index in [1.807, 2.05) is 0 Å². The molecule has 0 aliphatic carbocycles. The smallest absolute Gasteiger partial charge is 0.397 e. The summed E-state index contributed by atoms with van der Waals surface area (Å²) in [6, 6.07) is 0. The van der Waals surface area contributed by atoms with Crippen molar-refractivity contribution in [2.45, 2.75) is 13.8 Å². The summed E-state index contributed by atoms with van der Waals surface area (Å²) in [5.74, 6) is 0. The molecule has 0 aliphatic rings. The van der Waals surface area contributed by atoms with Gasteiger partial charge in [0.1, 0.15) is 0 Å². The van der Waals surface area contributed by atoms with Gasteiger partial charge in [-0.25, -0.2) is 0 Å². The van der Waals surface area contributed by atoms with Crippen LogP contribution in [0.15, 0.2) is 0 Å².